The molecule has 0 saturated carbocycles. The number of aromatic nitrogens is 2. The van der Waals surface area contributed by atoms with Crippen LogP contribution in [0.5, 0.6) is 0 Å². The molecule has 3 aromatic rings. The summed E-state index contributed by atoms with van der Waals surface area (Å²) in [6, 6.07) is 16.0. The second-order valence-corrected chi connectivity index (χ2v) is 5.75. The Morgan fingerprint density at radius 2 is 1.65 bits per heavy atom. The lowest BCUT2D eigenvalue weighted by molar-refractivity contribution is -0.121. The number of carboxylic acid groups (broad SMARTS) is 1. The van der Waals surface area contributed by atoms with Crippen LogP contribution in [0.3, 0.4) is 0 Å². The highest BCUT2D eigenvalue weighted by molar-refractivity contribution is 6.01. The number of aromatic carboxylic acids is 1. The zero-order valence-electron chi connectivity index (χ0n) is 13.9. The Kier molecular flexibility index (Phi) is 5.07. The van der Waals surface area contributed by atoms with Crippen molar-refractivity contribution >= 4 is 22.6 Å². The van der Waals surface area contributed by atoms with E-state index in [1.54, 1.807) is 12.1 Å². The normalized spacial score (nSPS) is 10.6. The van der Waals surface area contributed by atoms with Crippen LogP contribution >= 0.6 is 0 Å². The summed E-state index contributed by atoms with van der Waals surface area (Å²) < 4.78 is 0.892. The van der Waals surface area contributed by atoms with Crippen LogP contribution in [0, 0.1) is 0 Å². The molecule has 2 aromatic carbocycles. The van der Waals surface area contributed by atoms with Crippen LogP contribution in [0.1, 0.15) is 16.1 Å². The Morgan fingerprint density at radius 1 is 1.00 bits per heavy atom. The lowest BCUT2D eigenvalue weighted by atomic mass is 10.1. The SMILES string of the molecule is O=C(Cn1nc(C(=O)O)c2ccccc2c1=O)NCCc1ccccc1. The lowest BCUT2D eigenvalue weighted by Gasteiger charge is -2.09. The van der Waals surface area contributed by atoms with Gasteiger partial charge < -0.3 is 10.4 Å². The van der Waals surface area contributed by atoms with Crippen molar-refractivity contribution in [3.8, 4) is 0 Å². The molecular formula is C19H17N3O4. The summed E-state index contributed by atoms with van der Waals surface area (Å²) in [7, 11) is 0. The number of benzene rings is 2. The maximum absolute atomic E-state index is 12.5. The van der Waals surface area contributed by atoms with E-state index in [4.69, 9.17) is 0 Å². The maximum Gasteiger partial charge on any atom is 0.357 e. The Morgan fingerprint density at radius 3 is 2.35 bits per heavy atom. The van der Waals surface area contributed by atoms with Crippen molar-refractivity contribution in [1.29, 1.82) is 0 Å². The zero-order valence-corrected chi connectivity index (χ0v) is 13.9. The molecule has 1 aromatic heterocycles. The number of amides is 1. The topological polar surface area (TPSA) is 101 Å². The second kappa shape index (κ2) is 7.60. The van der Waals surface area contributed by atoms with E-state index in [2.05, 4.69) is 10.4 Å². The van der Waals surface area contributed by atoms with E-state index in [9.17, 15) is 19.5 Å². The van der Waals surface area contributed by atoms with Gasteiger partial charge in [0.25, 0.3) is 5.56 Å². The van der Waals surface area contributed by atoms with E-state index >= 15 is 0 Å². The van der Waals surface area contributed by atoms with Gasteiger partial charge in [-0.1, -0.05) is 48.5 Å². The molecule has 0 fully saturated rings. The molecule has 1 heterocycles. The molecule has 2 N–H and O–H groups in total. The summed E-state index contributed by atoms with van der Waals surface area (Å²) in [5.74, 6) is -1.65. The van der Waals surface area contributed by atoms with Crippen LogP contribution < -0.4 is 10.9 Å². The molecule has 0 saturated heterocycles. The summed E-state index contributed by atoms with van der Waals surface area (Å²) in [5, 5.41) is 16.4. The van der Waals surface area contributed by atoms with E-state index in [0.717, 1.165) is 10.2 Å². The zero-order chi connectivity index (χ0) is 18.5. The Balaban J connectivity index is 1.76. The van der Waals surface area contributed by atoms with Crippen LogP contribution in [-0.4, -0.2) is 33.3 Å². The molecule has 0 aliphatic rings. The molecular weight excluding hydrogens is 334 g/mol. The number of hydrogen-bond donors (Lipinski definition) is 2. The molecule has 0 aliphatic carbocycles. The predicted octanol–water partition coefficient (Wildman–Crippen LogP) is 1.45. The third kappa shape index (κ3) is 3.77. The molecule has 0 aliphatic heterocycles. The second-order valence-electron chi connectivity index (χ2n) is 5.75. The van der Waals surface area contributed by atoms with Crippen LogP contribution in [0.25, 0.3) is 10.8 Å². The molecule has 0 bridgehead atoms. The first-order valence-electron chi connectivity index (χ1n) is 8.10. The first kappa shape index (κ1) is 17.3. The van der Waals surface area contributed by atoms with Gasteiger partial charge in [0, 0.05) is 11.9 Å². The highest BCUT2D eigenvalue weighted by Crippen LogP contribution is 2.12. The van der Waals surface area contributed by atoms with E-state index in [-0.39, 0.29) is 23.0 Å². The first-order valence-corrected chi connectivity index (χ1v) is 8.10. The fourth-order valence-corrected chi connectivity index (χ4v) is 2.68. The minimum absolute atomic E-state index is 0.219. The van der Waals surface area contributed by atoms with Crippen LogP contribution in [-0.2, 0) is 17.8 Å². The number of hydrogen-bond acceptors (Lipinski definition) is 4. The van der Waals surface area contributed by atoms with Gasteiger partial charge in [0.15, 0.2) is 5.69 Å². The molecule has 3 rings (SSSR count). The number of rotatable bonds is 6. The molecule has 0 spiro atoms. The van der Waals surface area contributed by atoms with Gasteiger partial charge in [0.2, 0.25) is 5.91 Å². The minimum Gasteiger partial charge on any atom is -0.476 e. The van der Waals surface area contributed by atoms with Gasteiger partial charge in [-0.3, -0.25) is 9.59 Å². The van der Waals surface area contributed by atoms with Crippen molar-refractivity contribution in [1.82, 2.24) is 15.1 Å². The molecule has 132 valence electrons. The predicted molar refractivity (Wildman–Crippen MR) is 96.1 cm³/mol. The summed E-state index contributed by atoms with van der Waals surface area (Å²) in [6.07, 6.45) is 0.660. The average molecular weight is 351 g/mol. The largest absolute Gasteiger partial charge is 0.476 e. The number of nitrogens with one attached hydrogen (secondary N) is 1. The monoisotopic (exact) mass is 351 g/mol. The van der Waals surface area contributed by atoms with Gasteiger partial charge in [0.05, 0.1) is 5.39 Å². The van der Waals surface area contributed by atoms with Gasteiger partial charge in [-0.15, -0.1) is 0 Å². The van der Waals surface area contributed by atoms with Gasteiger partial charge >= 0.3 is 5.97 Å². The molecule has 7 heteroatoms. The smallest absolute Gasteiger partial charge is 0.357 e. The van der Waals surface area contributed by atoms with Gasteiger partial charge in [-0.25, -0.2) is 9.48 Å². The molecule has 26 heavy (non-hydrogen) atoms. The first-order chi connectivity index (χ1) is 12.6. The molecule has 1 amide bonds. The number of carbonyl (C=O) groups is 2. The van der Waals surface area contributed by atoms with Gasteiger partial charge in [-0.2, -0.15) is 5.10 Å². The van der Waals surface area contributed by atoms with Gasteiger partial charge in [-0.05, 0) is 18.1 Å². The fraction of sp³-hybridized carbons (Fsp3) is 0.158. The lowest BCUT2D eigenvalue weighted by Crippen LogP contribution is -2.35. The average Bonchev–Trinajstić information content (AvgIpc) is 2.65. The molecule has 7 nitrogen and oxygen atoms in total. The van der Waals surface area contributed by atoms with Crippen molar-refractivity contribution in [3.05, 3.63) is 76.2 Å². The maximum atomic E-state index is 12.5. The number of carbonyl (C=O) groups excluding carboxylic acids is 1. The van der Waals surface area contributed by atoms with Gasteiger partial charge in [0.1, 0.15) is 6.54 Å². The van der Waals surface area contributed by atoms with Crippen molar-refractivity contribution in [3.63, 3.8) is 0 Å². The van der Waals surface area contributed by atoms with Crippen molar-refractivity contribution in [2.75, 3.05) is 6.54 Å². The molecule has 0 radical (unpaired) electrons. The standard InChI is InChI=1S/C19H17N3O4/c23-16(20-11-10-13-6-2-1-3-7-13)12-22-18(24)15-9-5-4-8-14(15)17(21-22)19(25)26/h1-9H,10-12H2,(H,20,23)(H,25,26). The van der Waals surface area contributed by atoms with E-state index in [0.29, 0.717) is 13.0 Å². The summed E-state index contributed by atoms with van der Waals surface area (Å²) in [4.78, 5) is 36.0. The quantitative estimate of drug-likeness (QED) is 0.700. The highest BCUT2D eigenvalue weighted by atomic mass is 16.4. The third-order valence-electron chi connectivity index (χ3n) is 3.94. The highest BCUT2D eigenvalue weighted by Gasteiger charge is 2.16. The summed E-state index contributed by atoms with van der Waals surface area (Å²) in [6.45, 7) is 0.0791. The van der Waals surface area contributed by atoms with Crippen LogP contribution in [0.2, 0.25) is 0 Å². The fourth-order valence-electron chi connectivity index (χ4n) is 2.68. The van der Waals surface area contributed by atoms with Crippen molar-refractivity contribution < 1.29 is 14.7 Å². The third-order valence-corrected chi connectivity index (χ3v) is 3.94. The number of fused-ring (bicyclic) bond motifs is 1. The van der Waals surface area contributed by atoms with Crippen LogP contribution in [0.4, 0.5) is 0 Å². The minimum atomic E-state index is -1.25. The number of nitrogens with zero attached hydrogens (tertiary/aromatic N) is 2. The van der Waals surface area contributed by atoms with E-state index in [1.165, 1.54) is 12.1 Å². The molecule has 0 atom stereocenters. The van der Waals surface area contributed by atoms with E-state index in [1.807, 2.05) is 30.3 Å². The van der Waals surface area contributed by atoms with Crippen LogP contribution in [0.15, 0.2) is 59.4 Å². The van der Waals surface area contributed by atoms with Crippen molar-refractivity contribution in [2.24, 2.45) is 0 Å². The van der Waals surface area contributed by atoms with Crippen molar-refractivity contribution in [2.45, 2.75) is 13.0 Å². The Hall–Kier alpha value is -3.48. The van der Waals surface area contributed by atoms with E-state index < -0.39 is 17.4 Å². The Bertz CT molecular complexity index is 1010. The Labute approximate surface area is 148 Å². The summed E-state index contributed by atoms with van der Waals surface area (Å²) in [5.41, 5.74) is 0.336. The number of carboxylic acids is 1. The summed E-state index contributed by atoms with van der Waals surface area (Å²) >= 11 is 0. The molecule has 0 unspecified atom stereocenters.